The van der Waals surface area contributed by atoms with Crippen LogP contribution in [0, 0.1) is 10.1 Å². The molecule has 150 valence electrons. The van der Waals surface area contributed by atoms with Gasteiger partial charge in [-0.3, -0.25) is 19.5 Å². The molecule has 0 fully saturated rings. The van der Waals surface area contributed by atoms with Crippen molar-refractivity contribution in [2.24, 2.45) is 0 Å². The van der Waals surface area contributed by atoms with Crippen LogP contribution < -0.4 is 14.8 Å². The number of rotatable bonds is 8. The molecule has 0 saturated carbocycles. The quantitative estimate of drug-likeness (QED) is 0.341. The standard InChI is InChI=1S/C19H18N4O5S/c1-27-15-6-3-13(4-7-15)22-10-9-20-19(22)29-12-18(24)21-16-8-5-14(23(25)26)11-17(16)28-2/h3-11H,12H2,1-2H3,(H,21,24). The molecule has 0 atom stereocenters. The van der Waals surface area contributed by atoms with E-state index in [0.717, 1.165) is 11.4 Å². The summed E-state index contributed by atoms with van der Waals surface area (Å²) in [5.74, 6) is 0.788. The van der Waals surface area contributed by atoms with Crippen molar-refractivity contribution in [2.75, 3.05) is 25.3 Å². The number of aromatic nitrogens is 2. The first-order chi connectivity index (χ1) is 14.0. The van der Waals surface area contributed by atoms with Crippen molar-refractivity contribution in [3.05, 3.63) is 65.0 Å². The van der Waals surface area contributed by atoms with Crippen molar-refractivity contribution >= 4 is 29.0 Å². The van der Waals surface area contributed by atoms with Gasteiger partial charge in [0.25, 0.3) is 5.69 Å². The predicted octanol–water partition coefficient (Wildman–Crippen LogP) is 3.53. The van der Waals surface area contributed by atoms with Crippen LogP contribution in [-0.4, -0.2) is 40.4 Å². The van der Waals surface area contributed by atoms with E-state index in [-0.39, 0.29) is 23.1 Å². The topological polar surface area (TPSA) is 109 Å². The van der Waals surface area contributed by atoms with Gasteiger partial charge in [-0.25, -0.2) is 4.98 Å². The molecule has 3 aromatic rings. The lowest BCUT2D eigenvalue weighted by Crippen LogP contribution is -2.15. The number of hydrogen-bond donors (Lipinski definition) is 1. The van der Waals surface area contributed by atoms with Gasteiger partial charge < -0.3 is 14.8 Å². The summed E-state index contributed by atoms with van der Waals surface area (Å²) in [4.78, 5) is 27.0. The van der Waals surface area contributed by atoms with Gasteiger partial charge in [0.15, 0.2) is 5.16 Å². The van der Waals surface area contributed by atoms with Gasteiger partial charge in [-0.2, -0.15) is 0 Å². The third-order valence-electron chi connectivity index (χ3n) is 3.96. The summed E-state index contributed by atoms with van der Waals surface area (Å²) in [6.07, 6.45) is 3.46. The van der Waals surface area contributed by atoms with Crippen LogP contribution in [0.5, 0.6) is 11.5 Å². The Hall–Kier alpha value is -3.53. The van der Waals surface area contributed by atoms with Crippen LogP contribution in [0.1, 0.15) is 0 Å². The lowest BCUT2D eigenvalue weighted by atomic mass is 10.2. The fourth-order valence-electron chi connectivity index (χ4n) is 2.55. The maximum absolute atomic E-state index is 12.4. The number of non-ortho nitro benzene ring substituents is 1. The lowest BCUT2D eigenvalue weighted by molar-refractivity contribution is -0.384. The molecule has 0 radical (unpaired) electrons. The van der Waals surface area contributed by atoms with Crippen LogP contribution in [0.4, 0.5) is 11.4 Å². The normalized spacial score (nSPS) is 10.4. The fraction of sp³-hybridized carbons (Fsp3) is 0.158. The zero-order valence-corrected chi connectivity index (χ0v) is 16.5. The Balaban J connectivity index is 1.66. The van der Waals surface area contributed by atoms with Crippen LogP contribution in [0.2, 0.25) is 0 Å². The van der Waals surface area contributed by atoms with Crippen molar-refractivity contribution in [1.82, 2.24) is 9.55 Å². The molecule has 1 amide bonds. The Labute approximate surface area is 170 Å². The maximum atomic E-state index is 12.4. The van der Waals surface area contributed by atoms with Crippen molar-refractivity contribution in [3.63, 3.8) is 0 Å². The second-order valence-electron chi connectivity index (χ2n) is 5.76. The minimum absolute atomic E-state index is 0.104. The number of anilines is 1. The number of methoxy groups -OCH3 is 2. The van der Waals surface area contributed by atoms with E-state index in [1.165, 1.54) is 37.1 Å². The van der Waals surface area contributed by atoms with Gasteiger partial charge >= 0.3 is 0 Å². The smallest absolute Gasteiger partial charge is 0.273 e. The molecule has 1 N–H and O–H groups in total. The Kier molecular flexibility index (Phi) is 6.35. The summed E-state index contributed by atoms with van der Waals surface area (Å²) in [7, 11) is 2.99. The minimum atomic E-state index is -0.525. The van der Waals surface area contributed by atoms with Gasteiger partial charge in [0.2, 0.25) is 5.91 Å². The third kappa shape index (κ3) is 4.85. The van der Waals surface area contributed by atoms with E-state index in [1.54, 1.807) is 19.5 Å². The largest absolute Gasteiger partial charge is 0.497 e. The second-order valence-corrected chi connectivity index (χ2v) is 6.70. The van der Waals surface area contributed by atoms with E-state index < -0.39 is 4.92 Å². The molecule has 0 bridgehead atoms. The Morgan fingerprint density at radius 2 is 1.97 bits per heavy atom. The number of nitro benzene ring substituents is 1. The molecule has 0 aliphatic rings. The molecule has 0 unspecified atom stereocenters. The van der Waals surface area contributed by atoms with Gasteiger partial charge in [-0.05, 0) is 30.3 Å². The molecule has 0 spiro atoms. The molecular formula is C19H18N4O5S. The van der Waals surface area contributed by atoms with Gasteiger partial charge in [0.1, 0.15) is 11.5 Å². The highest BCUT2D eigenvalue weighted by Gasteiger charge is 2.14. The molecule has 0 aliphatic carbocycles. The SMILES string of the molecule is COc1ccc(-n2ccnc2SCC(=O)Nc2ccc([N+](=O)[O-])cc2OC)cc1. The van der Waals surface area contributed by atoms with Crippen molar-refractivity contribution in [1.29, 1.82) is 0 Å². The van der Waals surface area contributed by atoms with Crippen LogP contribution >= 0.6 is 11.8 Å². The first kappa shape index (κ1) is 20.2. The van der Waals surface area contributed by atoms with Gasteiger partial charge in [-0.1, -0.05) is 11.8 Å². The first-order valence-electron chi connectivity index (χ1n) is 8.44. The van der Waals surface area contributed by atoms with E-state index in [0.29, 0.717) is 10.8 Å². The minimum Gasteiger partial charge on any atom is -0.497 e. The number of nitrogens with one attached hydrogen (secondary N) is 1. The van der Waals surface area contributed by atoms with Crippen LogP contribution in [0.25, 0.3) is 5.69 Å². The molecule has 10 heteroatoms. The molecule has 2 aromatic carbocycles. The number of benzene rings is 2. The van der Waals surface area contributed by atoms with E-state index in [2.05, 4.69) is 10.3 Å². The highest BCUT2D eigenvalue weighted by molar-refractivity contribution is 7.99. The van der Waals surface area contributed by atoms with E-state index in [1.807, 2.05) is 28.8 Å². The molecule has 29 heavy (non-hydrogen) atoms. The zero-order chi connectivity index (χ0) is 20.8. The lowest BCUT2D eigenvalue weighted by Gasteiger charge is -2.11. The molecule has 1 aromatic heterocycles. The van der Waals surface area contributed by atoms with Crippen molar-refractivity contribution in [3.8, 4) is 17.2 Å². The van der Waals surface area contributed by atoms with E-state index >= 15 is 0 Å². The van der Waals surface area contributed by atoms with E-state index in [4.69, 9.17) is 9.47 Å². The average Bonchev–Trinajstić information content (AvgIpc) is 3.21. The molecule has 3 rings (SSSR count). The number of carbonyl (C=O) groups excluding carboxylic acids is 1. The Bertz CT molecular complexity index is 1020. The maximum Gasteiger partial charge on any atom is 0.273 e. The van der Waals surface area contributed by atoms with Gasteiger partial charge in [-0.15, -0.1) is 0 Å². The number of hydrogen-bond acceptors (Lipinski definition) is 7. The number of amides is 1. The summed E-state index contributed by atoms with van der Waals surface area (Å²) < 4.78 is 12.2. The van der Waals surface area contributed by atoms with Crippen LogP contribution in [0.3, 0.4) is 0 Å². The highest BCUT2D eigenvalue weighted by atomic mass is 32.2. The third-order valence-corrected chi connectivity index (χ3v) is 4.93. The van der Waals surface area contributed by atoms with Crippen molar-refractivity contribution in [2.45, 2.75) is 5.16 Å². The monoisotopic (exact) mass is 414 g/mol. The summed E-state index contributed by atoms with van der Waals surface area (Å²) >= 11 is 1.27. The Morgan fingerprint density at radius 1 is 1.21 bits per heavy atom. The number of nitrogens with zero attached hydrogens (tertiary/aromatic N) is 3. The van der Waals surface area contributed by atoms with Crippen LogP contribution in [0.15, 0.2) is 60.0 Å². The first-order valence-corrected chi connectivity index (χ1v) is 9.43. The van der Waals surface area contributed by atoms with Crippen molar-refractivity contribution < 1.29 is 19.2 Å². The Morgan fingerprint density at radius 3 is 2.62 bits per heavy atom. The summed E-state index contributed by atoms with van der Waals surface area (Å²) in [6, 6.07) is 11.5. The van der Waals surface area contributed by atoms with Gasteiger partial charge in [0, 0.05) is 24.1 Å². The summed E-state index contributed by atoms with van der Waals surface area (Å²) in [5.41, 5.74) is 1.14. The second kappa shape index (κ2) is 9.11. The molecule has 1 heterocycles. The number of ether oxygens (including phenoxy) is 2. The summed E-state index contributed by atoms with van der Waals surface area (Å²) in [5, 5.41) is 14.2. The average molecular weight is 414 g/mol. The zero-order valence-electron chi connectivity index (χ0n) is 15.7. The highest BCUT2D eigenvalue weighted by Crippen LogP contribution is 2.29. The fourth-order valence-corrected chi connectivity index (χ4v) is 3.32. The van der Waals surface area contributed by atoms with E-state index in [9.17, 15) is 14.9 Å². The molecular weight excluding hydrogens is 396 g/mol. The molecule has 0 saturated heterocycles. The van der Waals surface area contributed by atoms with Gasteiger partial charge in [0.05, 0.1) is 36.6 Å². The predicted molar refractivity (Wildman–Crippen MR) is 109 cm³/mol. The number of nitro groups is 1. The molecule has 9 nitrogen and oxygen atoms in total. The number of carbonyl (C=O) groups is 1. The number of thioether (sulfide) groups is 1. The molecule has 0 aliphatic heterocycles. The van der Waals surface area contributed by atoms with Crippen LogP contribution in [-0.2, 0) is 4.79 Å². The number of imidazole rings is 1. The summed E-state index contributed by atoms with van der Waals surface area (Å²) in [6.45, 7) is 0.